The molecule has 0 radical (unpaired) electrons. The third kappa shape index (κ3) is 4.88. The Morgan fingerprint density at radius 2 is 2.12 bits per heavy atom. The van der Waals surface area contributed by atoms with Gasteiger partial charge in [-0.25, -0.2) is 0 Å². The molecule has 1 aliphatic rings. The van der Waals surface area contributed by atoms with Gasteiger partial charge < -0.3 is 14.8 Å². The molecule has 6 heteroatoms. The number of benzene rings is 1. The van der Waals surface area contributed by atoms with E-state index in [0.717, 1.165) is 19.3 Å². The van der Waals surface area contributed by atoms with E-state index in [1.54, 1.807) is 12.1 Å². The second kappa shape index (κ2) is 8.93. The van der Waals surface area contributed by atoms with Gasteiger partial charge in [-0.3, -0.25) is 4.79 Å². The van der Waals surface area contributed by atoms with Crippen LogP contribution in [0, 0.1) is 17.2 Å². The van der Waals surface area contributed by atoms with Gasteiger partial charge in [-0.05, 0) is 47.7 Å². The topological polar surface area (TPSA) is 71.3 Å². The Bertz CT molecular complexity index is 627. The van der Waals surface area contributed by atoms with Crippen LogP contribution in [-0.2, 0) is 4.79 Å². The van der Waals surface area contributed by atoms with Crippen LogP contribution < -0.4 is 14.8 Å². The molecule has 1 amide bonds. The van der Waals surface area contributed by atoms with Crippen molar-refractivity contribution in [2.45, 2.75) is 45.6 Å². The Kier molecular flexibility index (Phi) is 6.92. The average molecular weight is 395 g/mol. The third-order valence-corrected chi connectivity index (χ3v) is 4.83. The lowest BCUT2D eigenvalue weighted by molar-refractivity contribution is -0.124. The molecule has 0 bridgehead atoms. The fourth-order valence-corrected chi connectivity index (χ4v) is 3.51. The summed E-state index contributed by atoms with van der Waals surface area (Å²) in [5.74, 6) is 1.28. The molecule has 2 atom stereocenters. The van der Waals surface area contributed by atoms with E-state index in [0.29, 0.717) is 34.1 Å². The van der Waals surface area contributed by atoms with E-state index in [1.165, 1.54) is 6.42 Å². The SMILES string of the molecule is CCOc1cc(C#N)cc(Br)c1OCC(=O)N[C@H]1CCCC[C@H]1C. The molecule has 1 N–H and O–H groups in total. The number of rotatable bonds is 6. The highest BCUT2D eigenvalue weighted by Crippen LogP contribution is 2.36. The highest BCUT2D eigenvalue weighted by molar-refractivity contribution is 9.10. The van der Waals surface area contributed by atoms with Crippen LogP contribution in [0.15, 0.2) is 16.6 Å². The molecule has 1 saturated carbocycles. The molecule has 5 nitrogen and oxygen atoms in total. The van der Waals surface area contributed by atoms with Crippen LogP contribution in [0.4, 0.5) is 0 Å². The zero-order valence-corrected chi connectivity index (χ0v) is 15.7. The molecular formula is C18H23BrN2O3. The number of nitriles is 1. The number of halogens is 1. The second-order valence-electron chi connectivity index (χ2n) is 6.05. The molecule has 2 rings (SSSR count). The zero-order chi connectivity index (χ0) is 17.5. The maximum atomic E-state index is 12.2. The van der Waals surface area contributed by atoms with Crippen LogP contribution in [0.3, 0.4) is 0 Å². The van der Waals surface area contributed by atoms with Gasteiger partial charge in [0.15, 0.2) is 18.1 Å². The molecule has 130 valence electrons. The van der Waals surface area contributed by atoms with Crippen molar-refractivity contribution < 1.29 is 14.3 Å². The summed E-state index contributed by atoms with van der Waals surface area (Å²) in [7, 11) is 0. The first-order valence-corrected chi connectivity index (χ1v) is 9.13. The monoisotopic (exact) mass is 394 g/mol. The number of ether oxygens (including phenoxy) is 2. The minimum absolute atomic E-state index is 0.0756. The number of hydrogen-bond donors (Lipinski definition) is 1. The van der Waals surface area contributed by atoms with Crippen molar-refractivity contribution in [3.8, 4) is 17.6 Å². The molecule has 0 saturated heterocycles. The average Bonchev–Trinajstić information content (AvgIpc) is 2.56. The van der Waals surface area contributed by atoms with Crippen LogP contribution in [0.1, 0.15) is 45.1 Å². The van der Waals surface area contributed by atoms with E-state index in [-0.39, 0.29) is 18.6 Å². The van der Waals surface area contributed by atoms with Crippen molar-refractivity contribution >= 4 is 21.8 Å². The molecule has 0 unspecified atom stereocenters. The van der Waals surface area contributed by atoms with E-state index in [9.17, 15) is 4.79 Å². The predicted molar refractivity (Wildman–Crippen MR) is 95.1 cm³/mol. The minimum atomic E-state index is -0.132. The Labute approximate surface area is 151 Å². The number of nitrogens with zero attached hydrogens (tertiary/aromatic N) is 1. The van der Waals surface area contributed by atoms with Crippen molar-refractivity contribution in [1.82, 2.24) is 5.32 Å². The van der Waals surface area contributed by atoms with Gasteiger partial charge in [0.2, 0.25) is 0 Å². The Hall–Kier alpha value is -1.74. The van der Waals surface area contributed by atoms with Gasteiger partial charge in [0.1, 0.15) is 0 Å². The van der Waals surface area contributed by atoms with Gasteiger partial charge in [0.05, 0.1) is 22.7 Å². The first-order valence-electron chi connectivity index (χ1n) is 8.33. The summed E-state index contributed by atoms with van der Waals surface area (Å²) in [6.45, 7) is 4.40. The Morgan fingerprint density at radius 3 is 2.79 bits per heavy atom. The van der Waals surface area contributed by atoms with Gasteiger partial charge in [0.25, 0.3) is 5.91 Å². The van der Waals surface area contributed by atoms with E-state index in [2.05, 4.69) is 34.2 Å². The number of carbonyl (C=O) groups is 1. The summed E-state index contributed by atoms with van der Waals surface area (Å²) >= 11 is 3.38. The first kappa shape index (κ1) is 18.6. The van der Waals surface area contributed by atoms with Crippen molar-refractivity contribution in [1.29, 1.82) is 5.26 Å². The number of nitrogens with one attached hydrogen (secondary N) is 1. The molecular weight excluding hydrogens is 372 g/mol. The lowest BCUT2D eigenvalue weighted by Crippen LogP contribution is -2.43. The molecule has 1 aliphatic carbocycles. The maximum absolute atomic E-state index is 12.2. The number of hydrogen-bond acceptors (Lipinski definition) is 4. The summed E-state index contributed by atoms with van der Waals surface area (Å²) in [6, 6.07) is 5.57. The Balaban J connectivity index is 2.00. The van der Waals surface area contributed by atoms with Gasteiger partial charge in [0, 0.05) is 12.1 Å². The number of amides is 1. The van der Waals surface area contributed by atoms with Crippen LogP contribution >= 0.6 is 15.9 Å². The van der Waals surface area contributed by atoms with E-state index >= 15 is 0 Å². The summed E-state index contributed by atoms with van der Waals surface area (Å²) in [5, 5.41) is 12.1. The standard InChI is InChI=1S/C18H23BrN2O3/c1-3-23-16-9-13(10-20)8-14(19)18(16)24-11-17(22)21-15-7-5-4-6-12(15)2/h8-9,12,15H,3-7,11H2,1-2H3,(H,21,22)/t12-,15+/m1/s1. The van der Waals surface area contributed by atoms with E-state index in [1.807, 2.05) is 6.92 Å². The lowest BCUT2D eigenvalue weighted by atomic mass is 9.86. The van der Waals surface area contributed by atoms with Crippen LogP contribution in [0.5, 0.6) is 11.5 Å². The smallest absolute Gasteiger partial charge is 0.258 e. The highest BCUT2D eigenvalue weighted by Gasteiger charge is 2.23. The summed E-state index contributed by atoms with van der Waals surface area (Å²) in [4.78, 5) is 12.2. The van der Waals surface area contributed by atoms with Gasteiger partial charge in [-0.2, -0.15) is 5.26 Å². The van der Waals surface area contributed by atoms with Crippen molar-refractivity contribution in [3.05, 3.63) is 22.2 Å². The van der Waals surface area contributed by atoms with Crippen LogP contribution in [-0.4, -0.2) is 25.2 Å². The third-order valence-electron chi connectivity index (χ3n) is 4.24. The predicted octanol–water partition coefficient (Wildman–Crippen LogP) is 3.79. The highest BCUT2D eigenvalue weighted by atomic mass is 79.9. The van der Waals surface area contributed by atoms with E-state index in [4.69, 9.17) is 14.7 Å². The largest absolute Gasteiger partial charge is 0.490 e. The van der Waals surface area contributed by atoms with Crippen molar-refractivity contribution in [3.63, 3.8) is 0 Å². The quantitative estimate of drug-likeness (QED) is 0.796. The molecule has 1 aromatic rings. The zero-order valence-electron chi connectivity index (χ0n) is 14.1. The number of carbonyl (C=O) groups excluding carboxylic acids is 1. The summed E-state index contributed by atoms with van der Waals surface area (Å²) in [6.07, 6.45) is 4.57. The van der Waals surface area contributed by atoms with Crippen molar-refractivity contribution in [2.75, 3.05) is 13.2 Å². The lowest BCUT2D eigenvalue weighted by Gasteiger charge is -2.29. The molecule has 0 aromatic heterocycles. The second-order valence-corrected chi connectivity index (χ2v) is 6.91. The molecule has 0 heterocycles. The Morgan fingerprint density at radius 1 is 1.38 bits per heavy atom. The normalized spacial score (nSPS) is 20.1. The van der Waals surface area contributed by atoms with Crippen LogP contribution in [0.2, 0.25) is 0 Å². The maximum Gasteiger partial charge on any atom is 0.258 e. The van der Waals surface area contributed by atoms with Crippen LogP contribution in [0.25, 0.3) is 0 Å². The van der Waals surface area contributed by atoms with E-state index < -0.39 is 0 Å². The fraction of sp³-hybridized carbons (Fsp3) is 0.556. The molecule has 1 fully saturated rings. The van der Waals surface area contributed by atoms with Gasteiger partial charge in [-0.1, -0.05) is 19.8 Å². The molecule has 1 aromatic carbocycles. The van der Waals surface area contributed by atoms with Gasteiger partial charge >= 0.3 is 0 Å². The fourth-order valence-electron chi connectivity index (χ4n) is 2.95. The van der Waals surface area contributed by atoms with Crippen molar-refractivity contribution in [2.24, 2.45) is 5.92 Å². The molecule has 24 heavy (non-hydrogen) atoms. The first-order chi connectivity index (χ1) is 11.5. The van der Waals surface area contributed by atoms with Gasteiger partial charge in [-0.15, -0.1) is 0 Å². The molecule has 0 aliphatic heterocycles. The summed E-state index contributed by atoms with van der Waals surface area (Å²) in [5.41, 5.74) is 0.471. The summed E-state index contributed by atoms with van der Waals surface area (Å²) < 4.78 is 11.8. The molecule has 0 spiro atoms. The minimum Gasteiger partial charge on any atom is -0.490 e.